The smallest absolute Gasteiger partial charge is 0.131 e. The molecule has 2 N–H and O–H groups in total. The summed E-state index contributed by atoms with van der Waals surface area (Å²) in [6.45, 7) is 5.36. The summed E-state index contributed by atoms with van der Waals surface area (Å²) in [7, 11) is 0. The highest BCUT2D eigenvalue weighted by molar-refractivity contribution is 5.72. The average molecular weight is 177 g/mol. The van der Waals surface area contributed by atoms with E-state index in [-0.39, 0.29) is 5.82 Å². The van der Waals surface area contributed by atoms with Gasteiger partial charge < -0.3 is 5.73 Å². The molecular formula is C11H12FN. The summed E-state index contributed by atoms with van der Waals surface area (Å²) in [4.78, 5) is 0. The van der Waals surface area contributed by atoms with E-state index in [1.54, 1.807) is 18.2 Å². The third-order valence-corrected chi connectivity index (χ3v) is 1.88. The molecule has 1 aromatic carbocycles. The van der Waals surface area contributed by atoms with E-state index < -0.39 is 0 Å². The molecule has 1 nitrogen and oxygen atoms in total. The summed E-state index contributed by atoms with van der Waals surface area (Å²) in [6.07, 6.45) is 3.21. The first-order valence-electron chi connectivity index (χ1n) is 4.03. The Balaban J connectivity index is 3.36. The molecule has 0 aliphatic carbocycles. The molecule has 0 aliphatic rings. The van der Waals surface area contributed by atoms with Crippen LogP contribution in [0, 0.1) is 5.82 Å². The van der Waals surface area contributed by atoms with Crippen LogP contribution >= 0.6 is 0 Å². The summed E-state index contributed by atoms with van der Waals surface area (Å²) in [5, 5.41) is 0. The van der Waals surface area contributed by atoms with Crippen molar-refractivity contribution in [3.05, 3.63) is 47.8 Å². The van der Waals surface area contributed by atoms with Crippen LogP contribution in [0.15, 0.2) is 30.9 Å². The first-order valence-corrected chi connectivity index (χ1v) is 4.03. The molecule has 1 aromatic rings. The molecule has 0 unspecified atom stereocenters. The Labute approximate surface area is 77.4 Å². The van der Waals surface area contributed by atoms with Gasteiger partial charge in [-0.25, -0.2) is 4.39 Å². The summed E-state index contributed by atoms with van der Waals surface area (Å²) < 4.78 is 13.2. The predicted octanol–water partition coefficient (Wildman–Crippen LogP) is 2.79. The maximum atomic E-state index is 13.2. The van der Waals surface area contributed by atoms with Crippen LogP contribution in [0.4, 0.5) is 4.39 Å². The predicted molar refractivity (Wildman–Crippen MR) is 54.3 cm³/mol. The lowest BCUT2D eigenvalue weighted by Crippen LogP contribution is -1.99. The molecule has 0 amide bonds. The average Bonchev–Trinajstić information content (AvgIpc) is 2.16. The topological polar surface area (TPSA) is 26.0 Å². The lowest BCUT2D eigenvalue weighted by Gasteiger charge is -2.06. The van der Waals surface area contributed by atoms with Gasteiger partial charge in [0.2, 0.25) is 0 Å². The second-order valence-electron chi connectivity index (χ2n) is 2.65. The van der Waals surface area contributed by atoms with E-state index in [9.17, 15) is 4.39 Å². The molecule has 13 heavy (non-hydrogen) atoms. The van der Waals surface area contributed by atoms with Crippen LogP contribution in [0.5, 0.6) is 0 Å². The van der Waals surface area contributed by atoms with Crippen molar-refractivity contribution in [3.8, 4) is 0 Å². The molecule has 0 spiro atoms. The van der Waals surface area contributed by atoms with Crippen LogP contribution in [0.2, 0.25) is 0 Å². The van der Waals surface area contributed by atoms with E-state index in [1.165, 1.54) is 12.1 Å². The Bertz CT molecular complexity index is 353. The molecule has 0 radical (unpaired) electrons. The molecule has 0 aliphatic heterocycles. The van der Waals surface area contributed by atoms with Gasteiger partial charge in [-0.2, -0.15) is 0 Å². The number of hydrogen-bond donors (Lipinski definition) is 1. The van der Waals surface area contributed by atoms with Crippen molar-refractivity contribution < 1.29 is 4.39 Å². The maximum absolute atomic E-state index is 13.2. The number of allylic oxidation sites excluding steroid dienone is 1. The van der Waals surface area contributed by atoms with Crippen LogP contribution in [0.25, 0.3) is 11.8 Å². The van der Waals surface area contributed by atoms with Crippen molar-refractivity contribution in [2.45, 2.75) is 6.92 Å². The van der Waals surface area contributed by atoms with Crippen LogP contribution in [-0.4, -0.2) is 0 Å². The first kappa shape index (κ1) is 9.52. The van der Waals surface area contributed by atoms with Crippen molar-refractivity contribution in [1.29, 1.82) is 0 Å². The molecule has 2 heteroatoms. The Morgan fingerprint density at radius 1 is 1.54 bits per heavy atom. The van der Waals surface area contributed by atoms with Crippen molar-refractivity contribution in [3.63, 3.8) is 0 Å². The van der Waals surface area contributed by atoms with Crippen LogP contribution < -0.4 is 5.73 Å². The van der Waals surface area contributed by atoms with E-state index in [0.29, 0.717) is 16.8 Å². The monoisotopic (exact) mass is 177 g/mol. The Morgan fingerprint density at radius 3 is 2.77 bits per heavy atom. The standard InChI is InChI=1S/C11H12FN/c1-3-8-9(11(13)4-2)6-5-7-10(8)12/h3-7H,1,13H2,2H3/b11-4+. The fourth-order valence-corrected chi connectivity index (χ4v) is 1.15. The number of halogens is 1. The lowest BCUT2D eigenvalue weighted by atomic mass is 10.0. The molecule has 0 bridgehead atoms. The van der Waals surface area contributed by atoms with E-state index in [2.05, 4.69) is 6.58 Å². The quantitative estimate of drug-likeness (QED) is 0.738. The second-order valence-corrected chi connectivity index (χ2v) is 2.65. The third kappa shape index (κ3) is 1.78. The number of benzene rings is 1. The summed E-state index contributed by atoms with van der Waals surface area (Å²) in [5.74, 6) is -0.294. The Morgan fingerprint density at radius 2 is 2.23 bits per heavy atom. The van der Waals surface area contributed by atoms with Gasteiger partial charge in [0.05, 0.1) is 0 Å². The van der Waals surface area contributed by atoms with Gasteiger partial charge in [-0.15, -0.1) is 0 Å². The lowest BCUT2D eigenvalue weighted by molar-refractivity contribution is 0.624. The van der Waals surface area contributed by atoms with Gasteiger partial charge in [-0.05, 0) is 13.0 Å². The van der Waals surface area contributed by atoms with Crippen molar-refractivity contribution in [2.75, 3.05) is 0 Å². The number of nitrogens with two attached hydrogens (primary N) is 1. The highest BCUT2D eigenvalue weighted by Crippen LogP contribution is 2.19. The van der Waals surface area contributed by atoms with E-state index in [0.717, 1.165) is 0 Å². The minimum Gasteiger partial charge on any atom is -0.398 e. The summed E-state index contributed by atoms with van der Waals surface area (Å²) >= 11 is 0. The van der Waals surface area contributed by atoms with Crippen molar-refractivity contribution >= 4 is 11.8 Å². The fraction of sp³-hybridized carbons (Fsp3) is 0.0909. The highest BCUT2D eigenvalue weighted by Gasteiger charge is 2.05. The first-order chi connectivity index (χ1) is 6.20. The van der Waals surface area contributed by atoms with Gasteiger partial charge in [0.1, 0.15) is 5.82 Å². The third-order valence-electron chi connectivity index (χ3n) is 1.88. The van der Waals surface area contributed by atoms with E-state index in [4.69, 9.17) is 5.73 Å². The largest absolute Gasteiger partial charge is 0.398 e. The van der Waals surface area contributed by atoms with E-state index >= 15 is 0 Å². The minimum absolute atomic E-state index is 0.294. The van der Waals surface area contributed by atoms with Crippen molar-refractivity contribution in [2.24, 2.45) is 5.73 Å². The molecule has 0 saturated heterocycles. The number of hydrogen-bond acceptors (Lipinski definition) is 1. The molecule has 0 heterocycles. The van der Waals surface area contributed by atoms with Gasteiger partial charge in [0, 0.05) is 16.8 Å². The van der Waals surface area contributed by atoms with Crippen LogP contribution in [0.3, 0.4) is 0 Å². The zero-order chi connectivity index (χ0) is 9.84. The molecule has 0 fully saturated rings. The normalized spacial score (nSPS) is 11.4. The van der Waals surface area contributed by atoms with Crippen LogP contribution in [0.1, 0.15) is 18.1 Å². The van der Waals surface area contributed by atoms with Crippen LogP contribution in [-0.2, 0) is 0 Å². The summed E-state index contributed by atoms with van der Waals surface area (Å²) in [5.41, 5.74) is 7.40. The van der Waals surface area contributed by atoms with Gasteiger partial charge in [-0.1, -0.05) is 30.9 Å². The van der Waals surface area contributed by atoms with Gasteiger partial charge in [-0.3, -0.25) is 0 Å². The summed E-state index contributed by atoms with van der Waals surface area (Å²) in [6, 6.07) is 4.80. The second kappa shape index (κ2) is 3.90. The molecule has 0 atom stereocenters. The highest BCUT2D eigenvalue weighted by atomic mass is 19.1. The zero-order valence-corrected chi connectivity index (χ0v) is 7.55. The SMILES string of the molecule is C=Cc1c(F)cccc1/C(N)=C\C. The molecule has 0 aromatic heterocycles. The van der Waals surface area contributed by atoms with Gasteiger partial charge >= 0.3 is 0 Å². The minimum atomic E-state index is -0.294. The Hall–Kier alpha value is -1.57. The molecular weight excluding hydrogens is 165 g/mol. The molecule has 0 saturated carbocycles. The molecule has 68 valence electrons. The van der Waals surface area contributed by atoms with Gasteiger partial charge in [0.15, 0.2) is 0 Å². The fourth-order valence-electron chi connectivity index (χ4n) is 1.15. The molecule has 1 rings (SSSR count). The van der Waals surface area contributed by atoms with E-state index in [1.807, 2.05) is 6.92 Å². The Kier molecular flexibility index (Phi) is 2.85. The number of rotatable bonds is 2. The van der Waals surface area contributed by atoms with Gasteiger partial charge in [0.25, 0.3) is 0 Å². The maximum Gasteiger partial charge on any atom is 0.131 e. The van der Waals surface area contributed by atoms with Crippen molar-refractivity contribution in [1.82, 2.24) is 0 Å². The zero-order valence-electron chi connectivity index (χ0n) is 7.55.